The summed E-state index contributed by atoms with van der Waals surface area (Å²) in [5, 5.41) is 15.5. The molecule has 1 aromatic heterocycles. The maximum Gasteiger partial charge on any atom is 0.417 e. The molecule has 0 bridgehead atoms. The number of alkyl halides is 3. The Bertz CT molecular complexity index is 706. The first-order valence-corrected chi connectivity index (χ1v) is 7.69. The van der Waals surface area contributed by atoms with Crippen LogP contribution in [-0.2, 0) is 11.0 Å². The van der Waals surface area contributed by atoms with Gasteiger partial charge in [-0.2, -0.15) is 13.2 Å². The largest absolute Gasteiger partial charge is 0.481 e. The van der Waals surface area contributed by atoms with Crippen LogP contribution in [0.4, 0.5) is 13.2 Å². The number of hydrogen-bond acceptors (Lipinski definition) is 5. The summed E-state index contributed by atoms with van der Waals surface area (Å²) < 4.78 is 43.7. The Kier molecular flexibility index (Phi) is 5.53. The van der Waals surface area contributed by atoms with Crippen molar-refractivity contribution in [3.63, 3.8) is 0 Å². The smallest absolute Gasteiger partial charge is 0.417 e. The molecule has 0 radical (unpaired) electrons. The van der Waals surface area contributed by atoms with Gasteiger partial charge in [-0.05, 0) is 18.6 Å². The van der Waals surface area contributed by atoms with Gasteiger partial charge in [-0.1, -0.05) is 29.4 Å². The third-order valence-electron chi connectivity index (χ3n) is 2.70. The summed E-state index contributed by atoms with van der Waals surface area (Å²) in [6.07, 6.45) is -4.17. The van der Waals surface area contributed by atoms with Gasteiger partial charge in [0.05, 0.1) is 16.1 Å². The molecule has 1 aromatic carbocycles. The SMILES string of the molecule is O=C(O)CCCSc1nnc(-c2cccc(C(F)(F)F)c2Cl)o1. The molecule has 10 heteroatoms. The third-order valence-corrected chi connectivity index (χ3v) is 4.01. The molecule has 0 saturated heterocycles. The average Bonchev–Trinajstić information content (AvgIpc) is 2.91. The first kappa shape index (κ1) is 17.6. The predicted molar refractivity (Wildman–Crippen MR) is 77.3 cm³/mol. The molecular formula is C13H10ClF3N2O3S. The summed E-state index contributed by atoms with van der Waals surface area (Å²) in [4.78, 5) is 10.4. The lowest BCUT2D eigenvalue weighted by atomic mass is 10.1. The average molecular weight is 367 g/mol. The summed E-state index contributed by atoms with van der Waals surface area (Å²) in [7, 11) is 0. The fourth-order valence-electron chi connectivity index (χ4n) is 1.68. The van der Waals surface area contributed by atoms with Crippen molar-refractivity contribution in [1.29, 1.82) is 0 Å². The molecule has 0 aliphatic heterocycles. The highest BCUT2D eigenvalue weighted by atomic mass is 35.5. The van der Waals surface area contributed by atoms with Gasteiger partial charge in [0, 0.05) is 12.2 Å². The van der Waals surface area contributed by atoms with Gasteiger partial charge in [-0.15, -0.1) is 10.2 Å². The van der Waals surface area contributed by atoms with Gasteiger partial charge < -0.3 is 9.52 Å². The van der Waals surface area contributed by atoms with E-state index in [1.165, 1.54) is 12.1 Å². The Hall–Kier alpha value is -1.74. The highest BCUT2D eigenvalue weighted by Crippen LogP contribution is 2.39. The minimum Gasteiger partial charge on any atom is -0.481 e. The van der Waals surface area contributed by atoms with Crippen LogP contribution in [0.15, 0.2) is 27.8 Å². The van der Waals surface area contributed by atoms with E-state index < -0.39 is 22.7 Å². The lowest BCUT2D eigenvalue weighted by Crippen LogP contribution is -2.06. The molecule has 0 saturated carbocycles. The lowest BCUT2D eigenvalue weighted by Gasteiger charge is -2.10. The monoisotopic (exact) mass is 366 g/mol. The maximum absolute atomic E-state index is 12.8. The van der Waals surface area contributed by atoms with Gasteiger partial charge in [0.15, 0.2) is 0 Å². The zero-order chi connectivity index (χ0) is 17.0. The van der Waals surface area contributed by atoms with Crippen molar-refractivity contribution < 1.29 is 27.5 Å². The number of carboxylic acids is 1. The minimum absolute atomic E-state index is 0.00739. The molecule has 124 valence electrons. The number of carboxylic acid groups (broad SMARTS) is 1. The van der Waals surface area contributed by atoms with Gasteiger partial charge in [-0.25, -0.2) is 0 Å². The fraction of sp³-hybridized carbons (Fsp3) is 0.308. The van der Waals surface area contributed by atoms with Crippen molar-refractivity contribution >= 4 is 29.3 Å². The molecule has 0 aliphatic rings. The van der Waals surface area contributed by atoms with Crippen LogP contribution in [0.1, 0.15) is 18.4 Å². The molecule has 0 fully saturated rings. The molecule has 5 nitrogen and oxygen atoms in total. The van der Waals surface area contributed by atoms with Crippen LogP contribution < -0.4 is 0 Å². The molecule has 0 amide bonds. The molecule has 0 spiro atoms. The fourth-order valence-corrected chi connectivity index (χ4v) is 2.69. The Labute approximate surface area is 137 Å². The normalized spacial score (nSPS) is 11.7. The molecule has 0 unspecified atom stereocenters. The Morgan fingerprint density at radius 1 is 1.35 bits per heavy atom. The number of halogens is 4. The second kappa shape index (κ2) is 7.22. The second-order valence-electron chi connectivity index (χ2n) is 4.38. The minimum atomic E-state index is -4.58. The first-order valence-electron chi connectivity index (χ1n) is 6.33. The van der Waals surface area contributed by atoms with Crippen molar-refractivity contribution in [2.45, 2.75) is 24.2 Å². The number of benzene rings is 1. The van der Waals surface area contributed by atoms with Crippen molar-refractivity contribution in [3.8, 4) is 11.5 Å². The van der Waals surface area contributed by atoms with Crippen molar-refractivity contribution in [2.24, 2.45) is 0 Å². The number of rotatable bonds is 6. The van der Waals surface area contributed by atoms with Crippen molar-refractivity contribution in [3.05, 3.63) is 28.8 Å². The maximum atomic E-state index is 12.8. The van der Waals surface area contributed by atoms with Crippen LogP contribution in [0.5, 0.6) is 0 Å². The number of thioether (sulfide) groups is 1. The summed E-state index contributed by atoms with van der Waals surface area (Å²) in [6, 6.07) is 3.42. The van der Waals surface area contributed by atoms with E-state index in [4.69, 9.17) is 21.1 Å². The predicted octanol–water partition coefficient (Wildman–Crippen LogP) is 4.37. The molecule has 23 heavy (non-hydrogen) atoms. The molecule has 0 aliphatic carbocycles. The number of aliphatic carboxylic acids is 1. The quantitative estimate of drug-likeness (QED) is 0.604. The lowest BCUT2D eigenvalue weighted by molar-refractivity contribution is -0.138. The van der Waals surface area contributed by atoms with Crippen molar-refractivity contribution in [1.82, 2.24) is 10.2 Å². The van der Waals surface area contributed by atoms with E-state index in [0.717, 1.165) is 17.8 Å². The molecule has 1 N–H and O–H groups in total. The van der Waals surface area contributed by atoms with E-state index in [9.17, 15) is 18.0 Å². The molecule has 2 aromatic rings. The summed E-state index contributed by atoms with van der Waals surface area (Å²) >= 11 is 6.90. The topological polar surface area (TPSA) is 76.2 Å². The number of aromatic nitrogens is 2. The van der Waals surface area contributed by atoms with E-state index in [1.807, 2.05) is 0 Å². The highest BCUT2D eigenvalue weighted by molar-refractivity contribution is 7.99. The Morgan fingerprint density at radius 2 is 2.09 bits per heavy atom. The van der Waals surface area contributed by atoms with Crippen LogP contribution in [-0.4, -0.2) is 27.0 Å². The standard InChI is InChI=1S/C13H10ClF3N2O3S/c14-10-7(3-1-4-8(10)13(15,16)17)11-18-19-12(22-11)23-6-2-5-9(20)21/h1,3-4H,2,5-6H2,(H,20,21). The molecule has 1 heterocycles. The zero-order valence-electron chi connectivity index (χ0n) is 11.4. The van der Waals surface area contributed by atoms with Crippen LogP contribution in [0, 0.1) is 0 Å². The van der Waals surface area contributed by atoms with Gasteiger partial charge in [0.1, 0.15) is 0 Å². The molecule has 0 atom stereocenters. The highest BCUT2D eigenvalue weighted by Gasteiger charge is 2.34. The van der Waals surface area contributed by atoms with E-state index in [-0.39, 0.29) is 23.1 Å². The van der Waals surface area contributed by atoms with Crippen LogP contribution in [0.3, 0.4) is 0 Å². The summed E-state index contributed by atoms with van der Waals surface area (Å²) in [5.74, 6) is -0.598. The van der Waals surface area contributed by atoms with E-state index in [1.54, 1.807) is 0 Å². The summed E-state index contributed by atoms with van der Waals surface area (Å²) in [5.41, 5.74) is -0.989. The third kappa shape index (κ3) is 4.61. The molecule has 2 rings (SSSR count). The Morgan fingerprint density at radius 3 is 2.74 bits per heavy atom. The number of hydrogen-bond donors (Lipinski definition) is 1. The first-order chi connectivity index (χ1) is 10.8. The number of carbonyl (C=O) groups is 1. The zero-order valence-corrected chi connectivity index (χ0v) is 13.0. The molecular weight excluding hydrogens is 357 g/mol. The van der Waals surface area contributed by atoms with Crippen LogP contribution in [0.2, 0.25) is 5.02 Å². The van der Waals surface area contributed by atoms with E-state index in [2.05, 4.69) is 10.2 Å². The summed E-state index contributed by atoms with van der Waals surface area (Å²) in [6.45, 7) is 0. The van der Waals surface area contributed by atoms with Crippen LogP contribution in [0.25, 0.3) is 11.5 Å². The Balaban J connectivity index is 2.13. The number of nitrogens with zero attached hydrogens (tertiary/aromatic N) is 2. The van der Waals surface area contributed by atoms with Gasteiger partial charge >= 0.3 is 12.1 Å². The van der Waals surface area contributed by atoms with E-state index >= 15 is 0 Å². The van der Waals surface area contributed by atoms with Gasteiger partial charge in [0.2, 0.25) is 5.89 Å². The van der Waals surface area contributed by atoms with Crippen LogP contribution >= 0.6 is 23.4 Å². The van der Waals surface area contributed by atoms with Gasteiger partial charge in [0.25, 0.3) is 5.22 Å². The van der Waals surface area contributed by atoms with Gasteiger partial charge in [-0.3, -0.25) is 4.79 Å². The second-order valence-corrected chi connectivity index (χ2v) is 5.81. The van der Waals surface area contributed by atoms with Crippen molar-refractivity contribution in [2.75, 3.05) is 5.75 Å². The van der Waals surface area contributed by atoms with E-state index in [0.29, 0.717) is 12.2 Å².